The summed E-state index contributed by atoms with van der Waals surface area (Å²) in [5, 5.41) is 10.9. The zero-order valence-corrected chi connectivity index (χ0v) is 34.1. The molecule has 8 heteroatoms. The van der Waals surface area contributed by atoms with Gasteiger partial charge in [0.15, 0.2) is 8.07 Å². The molecule has 1 aliphatic heterocycles. The van der Waals surface area contributed by atoms with Crippen LogP contribution in [-0.4, -0.2) is 22.4 Å². The van der Waals surface area contributed by atoms with E-state index >= 15 is 0 Å². The molecule has 0 unspecified atom stereocenters. The van der Waals surface area contributed by atoms with Crippen molar-refractivity contribution in [3.63, 3.8) is 0 Å². The van der Waals surface area contributed by atoms with Crippen LogP contribution >= 0.6 is 11.3 Å². The van der Waals surface area contributed by atoms with E-state index in [1.165, 1.54) is 40.9 Å². The number of nitrogens with zero attached hydrogens (tertiary/aromatic N) is 4. The monoisotopic (exact) mass is 868 g/mol. The van der Waals surface area contributed by atoms with Crippen LogP contribution in [0.4, 0.5) is 17.2 Å². The summed E-state index contributed by atoms with van der Waals surface area (Å²) in [4.78, 5) is 12.2. The van der Waals surface area contributed by atoms with Gasteiger partial charge >= 0.3 is 20.4 Å². The molecule has 4 aromatic heterocycles. The first-order chi connectivity index (χ1) is 28.3. The second kappa shape index (κ2) is 13.6. The normalized spacial score (nSPS) is 13.1. The van der Waals surface area contributed by atoms with Crippen LogP contribution in [0.15, 0.2) is 182 Å². The molecule has 1 aliphatic rings. The molecule has 0 atom stereocenters. The van der Waals surface area contributed by atoms with Crippen molar-refractivity contribution in [1.29, 1.82) is 0 Å². The number of thiophene rings is 1. The van der Waals surface area contributed by atoms with Crippen LogP contribution in [0.3, 0.4) is 0 Å². The van der Waals surface area contributed by atoms with E-state index < -0.39 is 8.07 Å². The average Bonchev–Trinajstić information content (AvgIpc) is 3.93. The maximum atomic E-state index is 6.64. The minimum atomic E-state index is -2.99. The summed E-state index contributed by atoms with van der Waals surface area (Å²) < 4.78 is 11.3. The number of para-hydroxylation sites is 1. The van der Waals surface area contributed by atoms with E-state index in [9.17, 15) is 0 Å². The number of aromatic nitrogens is 3. The van der Waals surface area contributed by atoms with Crippen molar-refractivity contribution in [3.05, 3.63) is 195 Å². The molecule has 0 N–H and O–H groups in total. The Kier molecular flexibility index (Phi) is 8.18. The number of hydrogen-bond donors (Lipinski definition) is 0. The fourth-order valence-electron chi connectivity index (χ4n) is 9.15. The summed E-state index contributed by atoms with van der Waals surface area (Å²) in [5.74, 6) is 2.09. The standard InChI is InChI=1S/C50H30N4OSSi.Pd/c1-3-15-36(16-4-1)57(37-17-5-2-6-18-37)46-23-12-28-51-50(46)54(43-26-27-45-47(48(43)57)40-20-8-10-22-44(40)56-45)33-13-11-14-34(31-33)55-35-24-25-38-39-19-7-9-21-42(39)53-30-29-52-49(53)41(38)32-35;/h1-30H;/q-2;+2. The molecule has 7 aromatic carbocycles. The minimum Gasteiger partial charge on any atom is -0.503 e. The van der Waals surface area contributed by atoms with Crippen molar-refractivity contribution in [3.8, 4) is 11.5 Å². The first kappa shape index (κ1) is 34.8. The minimum absolute atomic E-state index is 0. The van der Waals surface area contributed by atoms with Gasteiger partial charge in [-0.2, -0.15) is 6.07 Å². The zero-order chi connectivity index (χ0) is 37.5. The second-order valence-electron chi connectivity index (χ2n) is 14.4. The van der Waals surface area contributed by atoms with Crippen LogP contribution in [0.2, 0.25) is 0 Å². The van der Waals surface area contributed by atoms with E-state index in [4.69, 9.17) is 14.7 Å². The number of ether oxygens (including phenoxy) is 1. The number of fused-ring (bicyclic) bond motifs is 12. The van der Waals surface area contributed by atoms with E-state index in [0.717, 1.165) is 44.5 Å². The number of pyridine rings is 2. The van der Waals surface area contributed by atoms with E-state index in [1.807, 2.05) is 48.1 Å². The molecule has 0 radical (unpaired) electrons. The Hall–Kier alpha value is -6.40. The topological polar surface area (TPSA) is 42.7 Å². The molecule has 0 fully saturated rings. The Morgan fingerprint density at radius 3 is 2.14 bits per heavy atom. The molecule has 12 rings (SSSR count). The van der Waals surface area contributed by atoms with E-state index in [-0.39, 0.29) is 20.4 Å². The van der Waals surface area contributed by atoms with Crippen LogP contribution < -0.4 is 30.4 Å². The van der Waals surface area contributed by atoms with Crippen LogP contribution in [0.25, 0.3) is 47.5 Å². The Balaban J connectivity index is 0.00000385. The molecule has 0 bridgehead atoms. The van der Waals surface area contributed by atoms with Gasteiger partial charge in [0.1, 0.15) is 5.82 Å². The first-order valence-electron chi connectivity index (χ1n) is 19.0. The van der Waals surface area contributed by atoms with Crippen LogP contribution in [0.5, 0.6) is 11.5 Å². The van der Waals surface area contributed by atoms with E-state index in [2.05, 4.69) is 167 Å². The summed E-state index contributed by atoms with van der Waals surface area (Å²) in [6, 6.07) is 65.9. The number of benzene rings is 7. The molecule has 0 saturated carbocycles. The molecule has 5 nitrogen and oxygen atoms in total. The third-order valence-corrected chi connectivity index (χ3v) is 17.4. The van der Waals surface area contributed by atoms with Crippen molar-refractivity contribution in [2.45, 2.75) is 0 Å². The Morgan fingerprint density at radius 2 is 1.31 bits per heavy atom. The zero-order valence-electron chi connectivity index (χ0n) is 30.7. The van der Waals surface area contributed by atoms with Crippen molar-refractivity contribution in [2.75, 3.05) is 4.90 Å². The first-order valence-corrected chi connectivity index (χ1v) is 21.8. The molecule has 276 valence electrons. The van der Waals surface area contributed by atoms with Gasteiger partial charge in [-0.3, -0.25) is 4.98 Å². The van der Waals surface area contributed by atoms with Crippen LogP contribution in [0, 0.1) is 12.1 Å². The molecule has 58 heavy (non-hydrogen) atoms. The summed E-state index contributed by atoms with van der Waals surface area (Å²) in [6.45, 7) is 0. The van der Waals surface area contributed by atoms with Gasteiger partial charge in [-0.1, -0.05) is 126 Å². The fraction of sp³-hybridized carbons (Fsp3) is 0. The number of rotatable bonds is 5. The maximum Gasteiger partial charge on any atom is 2.00 e. The molecule has 0 saturated heterocycles. The summed E-state index contributed by atoms with van der Waals surface area (Å²) in [6.07, 6.45) is 5.74. The van der Waals surface area contributed by atoms with Gasteiger partial charge in [0.25, 0.3) is 0 Å². The Labute approximate surface area is 353 Å². The third kappa shape index (κ3) is 5.03. The molecular formula is C50H30N4OPdSSi. The van der Waals surface area contributed by atoms with Crippen molar-refractivity contribution in [2.24, 2.45) is 0 Å². The second-order valence-corrected chi connectivity index (χ2v) is 19.2. The summed E-state index contributed by atoms with van der Waals surface area (Å²) in [5.41, 5.74) is 3.90. The van der Waals surface area contributed by atoms with Gasteiger partial charge < -0.3 is 14.0 Å². The van der Waals surface area contributed by atoms with Crippen molar-refractivity contribution >= 4 is 105 Å². The Bertz CT molecular complexity index is 3330. The van der Waals surface area contributed by atoms with Crippen molar-refractivity contribution in [1.82, 2.24) is 14.4 Å². The molecule has 11 aromatic rings. The van der Waals surface area contributed by atoms with Crippen molar-refractivity contribution < 1.29 is 25.2 Å². The van der Waals surface area contributed by atoms with Gasteiger partial charge in [0, 0.05) is 61.5 Å². The largest absolute Gasteiger partial charge is 2.00 e. The molecular weight excluding hydrogens is 839 g/mol. The van der Waals surface area contributed by atoms with Gasteiger partial charge in [-0.05, 0) is 56.5 Å². The molecule has 0 aliphatic carbocycles. The Morgan fingerprint density at radius 1 is 0.569 bits per heavy atom. The molecule has 5 heterocycles. The number of imidazole rings is 1. The quantitative estimate of drug-likeness (QED) is 0.0982. The maximum absolute atomic E-state index is 6.64. The van der Waals surface area contributed by atoms with Gasteiger partial charge in [0.05, 0.1) is 5.65 Å². The molecule has 0 amide bonds. The van der Waals surface area contributed by atoms with Crippen LogP contribution in [-0.2, 0) is 20.4 Å². The summed E-state index contributed by atoms with van der Waals surface area (Å²) >= 11 is 1.86. The molecule has 0 spiro atoms. The fourth-order valence-corrected chi connectivity index (χ4v) is 15.6. The smallest absolute Gasteiger partial charge is 0.503 e. The van der Waals surface area contributed by atoms with Gasteiger partial charge in [0.2, 0.25) is 0 Å². The van der Waals surface area contributed by atoms with Crippen LogP contribution in [0.1, 0.15) is 0 Å². The predicted octanol–water partition coefficient (Wildman–Crippen LogP) is 9.95. The van der Waals surface area contributed by atoms with E-state index in [0.29, 0.717) is 11.5 Å². The SMILES string of the molecule is [Pd+2].[c-]1c(Oc2[c-]c3c(cc2)c2ccccc2n2ccnc32)cccc1N1c2ccc3sc4ccccc4c3c2[Si](c2ccccc2)(c2ccccc2)c2cccnc21. The van der Waals surface area contributed by atoms with E-state index in [1.54, 1.807) is 0 Å². The predicted molar refractivity (Wildman–Crippen MR) is 237 cm³/mol. The average molecular weight is 869 g/mol. The third-order valence-electron chi connectivity index (χ3n) is 11.4. The number of hydrogen-bond acceptors (Lipinski definition) is 5. The summed E-state index contributed by atoms with van der Waals surface area (Å²) in [7, 11) is -2.99. The number of anilines is 3. The van der Waals surface area contributed by atoms with Gasteiger partial charge in [-0.15, -0.1) is 41.7 Å². The van der Waals surface area contributed by atoms with Gasteiger partial charge in [-0.25, -0.2) is 4.98 Å².